The number of hydrogen-bond acceptors (Lipinski definition) is 2. The largest absolute Gasteiger partial charge is 0.489 e. The van der Waals surface area contributed by atoms with Crippen LogP contribution in [0.5, 0.6) is 5.75 Å². The van der Waals surface area contributed by atoms with Crippen molar-refractivity contribution in [3.8, 4) is 16.9 Å². The number of aromatic nitrogens is 2. The third-order valence-electron chi connectivity index (χ3n) is 5.76. The molecule has 168 valence electrons. The normalized spacial score (nSPS) is 11.8. The topological polar surface area (TPSA) is 27.1 Å². The summed E-state index contributed by atoms with van der Waals surface area (Å²) in [7, 11) is 0. The van der Waals surface area contributed by atoms with Gasteiger partial charge in [0.2, 0.25) is 0 Å². The summed E-state index contributed by atoms with van der Waals surface area (Å²) in [6, 6.07) is 32.7. The van der Waals surface area contributed by atoms with Gasteiger partial charge in [0.25, 0.3) is 0 Å². The number of benzene rings is 4. The molecule has 0 saturated heterocycles. The molecule has 0 spiro atoms. The first-order valence-corrected chi connectivity index (χ1v) is 11.7. The van der Waals surface area contributed by atoms with Crippen molar-refractivity contribution in [1.29, 1.82) is 0 Å². The number of nitrogens with zero attached hydrogens (tertiary/aromatic N) is 2. The number of imidazole rings is 1. The monoisotopic (exact) mass is 484 g/mol. The fourth-order valence-corrected chi connectivity index (χ4v) is 4.46. The number of ether oxygens (including phenoxy) is 1. The average molecular weight is 485 g/mol. The summed E-state index contributed by atoms with van der Waals surface area (Å²) in [5, 5.41) is 1.21. The highest BCUT2D eigenvalue weighted by atomic mass is 35.5. The lowest BCUT2D eigenvalue weighted by Crippen LogP contribution is -2.10. The highest BCUT2D eigenvalue weighted by Crippen LogP contribution is 2.30. The van der Waals surface area contributed by atoms with Crippen molar-refractivity contribution in [3.05, 3.63) is 143 Å². The smallest absolute Gasteiger partial charge is 0.119 e. The summed E-state index contributed by atoms with van der Waals surface area (Å²) < 4.78 is 8.07. The molecule has 5 aromatic rings. The van der Waals surface area contributed by atoms with E-state index in [4.69, 9.17) is 27.9 Å². The second-order valence-electron chi connectivity index (χ2n) is 7.99. The second-order valence-corrected chi connectivity index (χ2v) is 8.84. The van der Waals surface area contributed by atoms with Crippen molar-refractivity contribution in [1.82, 2.24) is 9.55 Å². The lowest BCUT2D eigenvalue weighted by atomic mass is 9.96. The molecule has 1 atom stereocenters. The van der Waals surface area contributed by atoms with Crippen molar-refractivity contribution >= 4 is 23.2 Å². The van der Waals surface area contributed by atoms with Crippen molar-refractivity contribution < 1.29 is 4.74 Å². The Bertz CT molecular complexity index is 1350. The van der Waals surface area contributed by atoms with Crippen molar-refractivity contribution in [3.63, 3.8) is 0 Å². The Morgan fingerprint density at radius 3 is 2.09 bits per heavy atom. The molecule has 0 amide bonds. The Labute approximate surface area is 209 Å². The van der Waals surface area contributed by atoms with E-state index in [1.165, 1.54) is 16.7 Å². The molecule has 5 heteroatoms. The Hall–Kier alpha value is -3.53. The van der Waals surface area contributed by atoms with Gasteiger partial charge >= 0.3 is 0 Å². The van der Waals surface area contributed by atoms with E-state index in [2.05, 4.69) is 70.2 Å². The molecular formula is C29H22Cl2N2O. The van der Waals surface area contributed by atoms with Crippen molar-refractivity contribution in [2.24, 2.45) is 0 Å². The van der Waals surface area contributed by atoms with Crippen LogP contribution < -0.4 is 4.74 Å². The molecule has 0 bridgehead atoms. The molecule has 34 heavy (non-hydrogen) atoms. The quantitative estimate of drug-likeness (QED) is 0.233. The molecule has 1 unspecified atom stereocenters. The molecular weight excluding hydrogens is 463 g/mol. The van der Waals surface area contributed by atoms with Gasteiger partial charge in [0.15, 0.2) is 0 Å². The molecule has 5 rings (SSSR count). The molecule has 0 N–H and O–H groups in total. The van der Waals surface area contributed by atoms with Gasteiger partial charge in [0, 0.05) is 28.0 Å². The van der Waals surface area contributed by atoms with Crippen molar-refractivity contribution in [2.75, 3.05) is 0 Å². The van der Waals surface area contributed by atoms with Gasteiger partial charge in [-0.15, -0.1) is 0 Å². The van der Waals surface area contributed by atoms with Crippen LogP contribution in [0.3, 0.4) is 0 Å². The van der Waals surface area contributed by atoms with E-state index in [-0.39, 0.29) is 6.04 Å². The standard InChI is InChI=1S/C29H22Cl2N2O/c30-26-13-10-25(28(31)18-26)19-34-27-14-11-24(12-15-27)29(33-17-16-32-20-33)23-8-6-22(7-9-23)21-4-2-1-3-5-21/h1-18,20,29H,19H2. The van der Waals surface area contributed by atoms with Gasteiger partial charge in [-0.3, -0.25) is 0 Å². The van der Waals surface area contributed by atoms with Gasteiger partial charge in [-0.05, 0) is 46.5 Å². The predicted molar refractivity (Wildman–Crippen MR) is 139 cm³/mol. The van der Waals surface area contributed by atoms with Crippen LogP contribution in [0, 0.1) is 0 Å². The second kappa shape index (κ2) is 10.2. The summed E-state index contributed by atoms with van der Waals surface area (Å²) in [5.74, 6) is 0.776. The highest BCUT2D eigenvalue weighted by molar-refractivity contribution is 6.35. The molecule has 0 saturated carbocycles. The van der Waals surface area contributed by atoms with Crippen LogP contribution in [0.4, 0.5) is 0 Å². The zero-order valence-electron chi connectivity index (χ0n) is 18.3. The lowest BCUT2D eigenvalue weighted by Gasteiger charge is -2.20. The minimum Gasteiger partial charge on any atom is -0.489 e. The van der Waals surface area contributed by atoms with Crippen molar-refractivity contribution in [2.45, 2.75) is 12.6 Å². The summed E-state index contributed by atoms with van der Waals surface area (Å²) in [5.41, 5.74) is 5.61. The molecule has 1 aromatic heterocycles. The molecule has 0 aliphatic rings. The average Bonchev–Trinajstić information content (AvgIpc) is 3.40. The van der Waals surface area contributed by atoms with Crippen LogP contribution >= 0.6 is 23.2 Å². The van der Waals surface area contributed by atoms with Crippen LogP contribution in [0.15, 0.2) is 116 Å². The Kier molecular flexibility index (Phi) is 6.66. The van der Waals surface area contributed by atoms with Crippen LogP contribution in [0.25, 0.3) is 11.1 Å². The molecule has 1 heterocycles. The maximum atomic E-state index is 6.26. The maximum absolute atomic E-state index is 6.26. The van der Waals surface area contributed by atoms with Crippen LogP contribution in [0.1, 0.15) is 22.7 Å². The first kappa shape index (κ1) is 22.3. The zero-order valence-corrected chi connectivity index (χ0v) is 19.8. The van der Waals surface area contributed by atoms with Gasteiger partial charge in [0.05, 0.1) is 12.4 Å². The van der Waals surface area contributed by atoms with E-state index in [1.807, 2.05) is 42.9 Å². The zero-order chi connectivity index (χ0) is 23.3. The van der Waals surface area contributed by atoms with E-state index >= 15 is 0 Å². The Morgan fingerprint density at radius 1 is 0.765 bits per heavy atom. The highest BCUT2D eigenvalue weighted by Gasteiger charge is 2.16. The summed E-state index contributed by atoms with van der Waals surface area (Å²) in [4.78, 5) is 4.27. The fraction of sp³-hybridized carbons (Fsp3) is 0.0690. The predicted octanol–water partition coefficient (Wildman–Crippen LogP) is 8.07. The van der Waals surface area contributed by atoms with Gasteiger partial charge in [-0.1, -0.05) is 96.0 Å². The van der Waals surface area contributed by atoms with E-state index < -0.39 is 0 Å². The molecule has 0 radical (unpaired) electrons. The SMILES string of the molecule is Clc1ccc(COc2ccc(C(c3ccc(-c4ccccc4)cc3)n3ccnc3)cc2)c(Cl)c1. The van der Waals surface area contributed by atoms with Gasteiger partial charge in [-0.2, -0.15) is 0 Å². The minimum atomic E-state index is 0.00656. The first-order valence-electron chi connectivity index (χ1n) is 11.0. The summed E-state index contributed by atoms with van der Waals surface area (Å²) in [6.07, 6.45) is 5.64. The first-order chi connectivity index (χ1) is 16.7. The third-order valence-corrected chi connectivity index (χ3v) is 6.35. The number of halogens is 2. The molecule has 0 aliphatic carbocycles. The Balaban J connectivity index is 1.37. The molecule has 4 aromatic carbocycles. The van der Waals surface area contributed by atoms with Gasteiger partial charge in [0.1, 0.15) is 12.4 Å². The Morgan fingerprint density at radius 2 is 1.44 bits per heavy atom. The van der Waals surface area contributed by atoms with E-state index in [9.17, 15) is 0 Å². The third kappa shape index (κ3) is 5.01. The number of hydrogen-bond donors (Lipinski definition) is 0. The molecule has 3 nitrogen and oxygen atoms in total. The van der Waals surface area contributed by atoms with E-state index in [0.29, 0.717) is 16.7 Å². The maximum Gasteiger partial charge on any atom is 0.119 e. The van der Waals surface area contributed by atoms with Crippen LogP contribution in [0.2, 0.25) is 10.0 Å². The van der Waals surface area contributed by atoms with Gasteiger partial charge in [-0.25, -0.2) is 4.98 Å². The minimum absolute atomic E-state index is 0.00656. The number of rotatable bonds is 7. The van der Waals surface area contributed by atoms with E-state index in [0.717, 1.165) is 16.9 Å². The van der Waals surface area contributed by atoms with Crippen LogP contribution in [-0.4, -0.2) is 9.55 Å². The fourth-order valence-electron chi connectivity index (χ4n) is 3.99. The molecule has 0 aliphatic heterocycles. The summed E-state index contributed by atoms with van der Waals surface area (Å²) >= 11 is 12.2. The summed E-state index contributed by atoms with van der Waals surface area (Å²) in [6.45, 7) is 0.376. The van der Waals surface area contributed by atoms with Crippen LogP contribution in [-0.2, 0) is 6.61 Å². The van der Waals surface area contributed by atoms with E-state index in [1.54, 1.807) is 12.3 Å². The van der Waals surface area contributed by atoms with Gasteiger partial charge < -0.3 is 9.30 Å². The molecule has 0 fully saturated rings. The lowest BCUT2D eigenvalue weighted by molar-refractivity contribution is 0.306.